The second-order valence-corrected chi connectivity index (χ2v) is 4.05. The molecule has 1 heterocycles. The Bertz CT molecular complexity index is 675. The first kappa shape index (κ1) is 14.8. The summed E-state index contributed by atoms with van der Waals surface area (Å²) in [6.45, 7) is 0. The van der Waals surface area contributed by atoms with Crippen LogP contribution in [-0.2, 0) is 6.42 Å². The minimum atomic E-state index is -4.77. The van der Waals surface area contributed by atoms with E-state index in [0.717, 1.165) is 12.1 Å². The zero-order valence-corrected chi connectivity index (χ0v) is 10.5. The summed E-state index contributed by atoms with van der Waals surface area (Å²) in [4.78, 5) is 3.62. The average molecular weight is 296 g/mol. The summed E-state index contributed by atoms with van der Waals surface area (Å²) in [6, 6.07) is 9.53. The van der Waals surface area contributed by atoms with Gasteiger partial charge in [0.25, 0.3) is 0 Å². The van der Waals surface area contributed by atoms with E-state index in [4.69, 9.17) is 5.26 Å². The van der Waals surface area contributed by atoms with Crippen LogP contribution < -0.4 is 4.74 Å². The number of hydrogen-bond donors (Lipinski definition) is 0. The molecule has 0 radical (unpaired) electrons. The first-order valence-corrected chi connectivity index (χ1v) is 5.77. The highest BCUT2D eigenvalue weighted by atomic mass is 19.4. The maximum Gasteiger partial charge on any atom is 0.573 e. The molecule has 0 saturated carbocycles. The standard InChI is InChI=1S/C14H8F4N2O/c15-13-12(6-3-10(20-13)7-8-19)9-1-4-11(5-2-9)21-14(16,17)18/h1-6H,7H2. The van der Waals surface area contributed by atoms with Crippen molar-refractivity contribution in [3.05, 3.63) is 48.0 Å². The molecule has 0 fully saturated rings. The summed E-state index contributed by atoms with van der Waals surface area (Å²) in [5.74, 6) is -1.17. The molecule has 0 saturated heterocycles. The van der Waals surface area contributed by atoms with Gasteiger partial charge in [-0.25, -0.2) is 4.98 Å². The lowest BCUT2D eigenvalue weighted by molar-refractivity contribution is -0.274. The Labute approximate surface area is 117 Å². The monoisotopic (exact) mass is 296 g/mol. The van der Waals surface area contributed by atoms with Crippen molar-refractivity contribution in [1.29, 1.82) is 5.26 Å². The zero-order valence-electron chi connectivity index (χ0n) is 10.5. The van der Waals surface area contributed by atoms with Crippen LogP contribution in [0, 0.1) is 17.3 Å². The maximum absolute atomic E-state index is 13.8. The molecule has 0 bridgehead atoms. The first-order chi connectivity index (χ1) is 9.89. The van der Waals surface area contributed by atoms with E-state index < -0.39 is 12.3 Å². The van der Waals surface area contributed by atoms with E-state index >= 15 is 0 Å². The molecule has 108 valence electrons. The van der Waals surface area contributed by atoms with Crippen LogP contribution in [0.2, 0.25) is 0 Å². The van der Waals surface area contributed by atoms with Crippen LogP contribution in [0.25, 0.3) is 11.1 Å². The largest absolute Gasteiger partial charge is 0.573 e. The van der Waals surface area contributed by atoms with E-state index in [1.165, 1.54) is 24.3 Å². The summed E-state index contributed by atoms with van der Waals surface area (Å²) in [5.41, 5.74) is 0.782. The summed E-state index contributed by atoms with van der Waals surface area (Å²) < 4.78 is 53.6. The van der Waals surface area contributed by atoms with Crippen LogP contribution >= 0.6 is 0 Å². The first-order valence-electron chi connectivity index (χ1n) is 5.77. The summed E-state index contributed by atoms with van der Waals surface area (Å²) >= 11 is 0. The molecule has 2 aromatic rings. The van der Waals surface area contributed by atoms with Crippen molar-refractivity contribution in [2.45, 2.75) is 12.8 Å². The van der Waals surface area contributed by atoms with Gasteiger partial charge >= 0.3 is 6.36 Å². The number of aromatic nitrogens is 1. The predicted octanol–water partition coefficient (Wildman–Crippen LogP) is 3.85. The lowest BCUT2D eigenvalue weighted by Gasteiger charge is -2.09. The van der Waals surface area contributed by atoms with E-state index in [2.05, 4.69) is 9.72 Å². The number of alkyl halides is 3. The molecule has 7 heteroatoms. The molecular formula is C14H8F4N2O. The minimum absolute atomic E-state index is 0.0183. The van der Waals surface area contributed by atoms with Crippen molar-refractivity contribution in [2.24, 2.45) is 0 Å². The normalized spacial score (nSPS) is 11.0. The van der Waals surface area contributed by atoms with Gasteiger partial charge in [0.2, 0.25) is 5.95 Å². The predicted molar refractivity (Wildman–Crippen MR) is 65.6 cm³/mol. The lowest BCUT2D eigenvalue weighted by atomic mass is 10.1. The molecule has 1 aromatic heterocycles. The van der Waals surface area contributed by atoms with Crippen LogP contribution in [0.3, 0.4) is 0 Å². The fourth-order valence-electron chi connectivity index (χ4n) is 1.70. The fourth-order valence-corrected chi connectivity index (χ4v) is 1.70. The highest BCUT2D eigenvalue weighted by Gasteiger charge is 2.30. The Kier molecular flexibility index (Phi) is 4.08. The van der Waals surface area contributed by atoms with Gasteiger partial charge in [0, 0.05) is 5.56 Å². The number of ether oxygens (including phenoxy) is 1. The van der Waals surface area contributed by atoms with Crippen LogP contribution in [0.4, 0.5) is 17.6 Å². The third kappa shape index (κ3) is 3.92. The number of hydrogen-bond acceptors (Lipinski definition) is 3. The van der Waals surface area contributed by atoms with Gasteiger partial charge in [-0.15, -0.1) is 13.2 Å². The second kappa shape index (κ2) is 5.79. The maximum atomic E-state index is 13.8. The number of pyridine rings is 1. The van der Waals surface area contributed by atoms with Crippen molar-refractivity contribution in [3.8, 4) is 22.9 Å². The summed E-state index contributed by atoms with van der Waals surface area (Å²) in [5, 5.41) is 8.50. The fraction of sp³-hybridized carbons (Fsp3) is 0.143. The molecule has 0 aliphatic rings. The molecule has 0 atom stereocenters. The Morgan fingerprint density at radius 1 is 1.10 bits per heavy atom. The summed E-state index contributed by atoms with van der Waals surface area (Å²) in [7, 11) is 0. The van der Waals surface area contributed by atoms with Crippen LogP contribution in [0.5, 0.6) is 5.75 Å². The quantitative estimate of drug-likeness (QED) is 0.638. The smallest absolute Gasteiger partial charge is 0.406 e. The van der Waals surface area contributed by atoms with Gasteiger partial charge in [-0.3, -0.25) is 0 Å². The van der Waals surface area contributed by atoms with Crippen LogP contribution in [-0.4, -0.2) is 11.3 Å². The summed E-state index contributed by atoms with van der Waals surface area (Å²) in [6.07, 6.45) is -4.79. The van der Waals surface area contributed by atoms with Crippen molar-refractivity contribution < 1.29 is 22.3 Å². The van der Waals surface area contributed by atoms with Gasteiger partial charge in [0.1, 0.15) is 5.75 Å². The molecule has 3 nitrogen and oxygen atoms in total. The van der Waals surface area contributed by atoms with Gasteiger partial charge in [-0.2, -0.15) is 9.65 Å². The number of nitriles is 1. The third-order valence-electron chi connectivity index (χ3n) is 2.57. The molecule has 1 aromatic carbocycles. The van der Waals surface area contributed by atoms with Crippen molar-refractivity contribution in [3.63, 3.8) is 0 Å². The Morgan fingerprint density at radius 3 is 2.29 bits per heavy atom. The molecular weight excluding hydrogens is 288 g/mol. The van der Waals surface area contributed by atoms with Crippen molar-refractivity contribution in [2.75, 3.05) is 0 Å². The van der Waals surface area contributed by atoms with Crippen LogP contribution in [0.15, 0.2) is 36.4 Å². The molecule has 0 unspecified atom stereocenters. The second-order valence-electron chi connectivity index (χ2n) is 4.05. The molecule has 0 spiro atoms. The van der Waals surface area contributed by atoms with Gasteiger partial charge in [-0.1, -0.05) is 12.1 Å². The minimum Gasteiger partial charge on any atom is -0.406 e. The van der Waals surface area contributed by atoms with Gasteiger partial charge in [0.15, 0.2) is 0 Å². The Balaban J connectivity index is 2.25. The zero-order chi connectivity index (χ0) is 15.5. The number of nitrogens with zero attached hydrogens (tertiary/aromatic N) is 2. The van der Waals surface area contributed by atoms with E-state index in [1.807, 2.05) is 6.07 Å². The van der Waals surface area contributed by atoms with E-state index in [0.29, 0.717) is 5.56 Å². The van der Waals surface area contributed by atoms with Gasteiger partial charge in [0.05, 0.1) is 18.2 Å². The van der Waals surface area contributed by atoms with E-state index in [1.54, 1.807) is 0 Å². The average Bonchev–Trinajstić information content (AvgIpc) is 2.39. The highest BCUT2D eigenvalue weighted by Crippen LogP contribution is 2.27. The van der Waals surface area contributed by atoms with Crippen molar-refractivity contribution in [1.82, 2.24) is 4.98 Å². The number of halogens is 4. The van der Waals surface area contributed by atoms with Crippen molar-refractivity contribution >= 4 is 0 Å². The molecule has 0 amide bonds. The molecule has 21 heavy (non-hydrogen) atoms. The van der Waals surface area contributed by atoms with Gasteiger partial charge < -0.3 is 4.74 Å². The molecule has 0 aliphatic carbocycles. The molecule has 0 N–H and O–H groups in total. The Morgan fingerprint density at radius 2 is 1.76 bits per heavy atom. The number of rotatable bonds is 3. The SMILES string of the molecule is N#CCc1ccc(-c2ccc(OC(F)(F)F)cc2)c(F)n1. The molecule has 2 rings (SSSR count). The van der Waals surface area contributed by atoms with Crippen LogP contribution in [0.1, 0.15) is 5.69 Å². The topological polar surface area (TPSA) is 45.9 Å². The van der Waals surface area contributed by atoms with Gasteiger partial charge in [-0.05, 0) is 29.8 Å². The lowest BCUT2D eigenvalue weighted by Crippen LogP contribution is -2.16. The highest BCUT2D eigenvalue weighted by molar-refractivity contribution is 5.64. The Hall–Kier alpha value is -2.62. The van der Waals surface area contributed by atoms with E-state index in [-0.39, 0.29) is 23.4 Å². The van der Waals surface area contributed by atoms with E-state index in [9.17, 15) is 17.6 Å². The number of benzene rings is 1. The molecule has 0 aliphatic heterocycles. The third-order valence-corrected chi connectivity index (χ3v) is 2.57.